The van der Waals surface area contributed by atoms with E-state index in [-0.39, 0.29) is 24.8 Å². The Kier molecular flexibility index (Phi) is 6.76. The number of nitrogens with zero attached hydrogens (tertiary/aromatic N) is 1. The lowest BCUT2D eigenvalue weighted by Crippen LogP contribution is -2.18. The van der Waals surface area contributed by atoms with Crippen LogP contribution in [-0.2, 0) is 28.0 Å². The molecular weight excluding hydrogens is 440 g/mol. The van der Waals surface area contributed by atoms with Gasteiger partial charge in [0.15, 0.2) is 0 Å². The second-order valence-electron chi connectivity index (χ2n) is 6.26. The molecule has 31 heavy (non-hydrogen) atoms. The maximum atomic E-state index is 12.9. The van der Waals surface area contributed by atoms with Gasteiger partial charge in [0.1, 0.15) is 17.4 Å². The maximum Gasteiger partial charge on any atom is 0.573 e. The first kappa shape index (κ1) is 22.5. The molecule has 2 aromatic carbocycles. The van der Waals surface area contributed by atoms with Crippen LogP contribution >= 0.6 is 0 Å². The van der Waals surface area contributed by atoms with Gasteiger partial charge < -0.3 is 9.47 Å². The average Bonchev–Trinajstić information content (AvgIpc) is 2.68. The summed E-state index contributed by atoms with van der Waals surface area (Å²) in [4.78, 5) is 3.70. The van der Waals surface area contributed by atoms with Crippen LogP contribution in [0.3, 0.4) is 0 Å². The summed E-state index contributed by atoms with van der Waals surface area (Å²) >= 11 is 0. The van der Waals surface area contributed by atoms with E-state index in [0.717, 1.165) is 29.8 Å². The summed E-state index contributed by atoms with van der Waals surface area (Å²) in [5.74, 6) is -1.06. The fourth-order valence-corrected chi connectivity index (χ4v) is 3.54. The van der Waals surface area contributed by atoms with E-state index >= 15 is 0 Å². The first-order chi connectivity index (χ1) is 14.6. The van der Waals surface area contributed by atoms with Gasteiger partial charge in [-0.25, -0.2) is 17.8 Å². The number of nitrogens with one attached hydrogen (secondary N) is 1. The number of sulfonamides is 1. The van der Waals surface area contributed by atoms with Gasteiger partial charge in [-0.2, -0.15) is 0 Å². The third-order valence-electron chi connectivity index (χ3n) is 3.83. The molecule has 0 atom stereocenters. The van der Waals surface area contributed by atoms with Crippen LogP contribution in [0.5, 0.6) is 5.75 Å². The predicted molar refractivity (Wildman–Crippen MR) is 103 cm³/mol. The lowest BCUT2D eigenvalue weighted by Gasteiger charge is -2.12. The van der Waals surface area contributed by atoms with Crippen molar-refractivity contribution in [2.24, 2.45) is 0 Å². The number of anilines is 1. The molecule has 0 aliphatic rings. The summed E-state index contributed by atoms with van der Waals surface area (Å²) in [5.41, 5.74) is 1.16. The van der Waals surface area contributed by atoms with Crippen LogP contribution in [0, 0.1) is 5.82 Å². The van der Waals surface area contributed by atoms with E-state index < -0.39 is 27.0 Å². The smallest absolute Gasteiger partial charge is 0.406 e. The highest BCUT2D eigenvalue weighted by atomic mass is 32.2. The minimum absolute atomic E-state index is 0.0370. The highest BCUT2D eigenvalue weighted by Crippen LogP contribution is 2.25. The standard InChI is InChI=1S/C20H16F4N2O4S/c21-15-9-7-14(8-10-15)12-29-13-16-3-1-6-19(25-16)26-31(27,28)18-5-2-4-17(11-18)30-20(22,23)24/h1-11H,12-13H2,(H,25,26). The summed E-state index contributed by atoms with van der Waals surface area (Å²) in [6.45, 7) is 0.256. The molecule has 0 saturated carbocycles. The van der Waals surface area contributed by atoms with Crippen molar-refractivity contribution in [3.63, 3.8) is 0 Å². The average molecular weight is 456 g/mol. The monoisotopic (exact) mass is 456 g/mol. The second-order valence-corrected chi connectivity index (χ2v) is 7.94. The van der Waals surface area contributed by atoms with Crippen molar-refractivity contribution in [3.05, 3.63) is 83.8 Å². The fraction of sp³-hybridized carbons (Fsp3) is 0.150. The summed E-state index contributed by atoms with van der Waals surface area (Å²) in [6.07, 6.45) is -4.94. The lowest BCUT2D eigenvalue weighted by atomic mass is 10.2. The summed E-state index contributed by atoms with van der Waals surface area (Å²) < 4.78 is 86.5. The second kappa shape index (κ2) is 9.31. The van der Waals surface area contributed by atoms with Crippen molar-refractivity contribution in [3.8, 4) is 5.75 Å². The molecule has 0 aliphatic heterocycles. The van der Waals surface area contributed by atoms with Gasteiger partial charge in [-0.05, 0) is 42.0 Å². The van der Waals surface area contributed by atoms with Gasteiger partial charge in [-0.3, -0.25) is 4.72 Å². The van der Waals surface area contributed by atoms with Crippen molar-refractivity contribution in [1.82, 2.24) is 4.98 Å². The van der Waals surface area contributed by atoms with Crippen LogP contribution in [-0.4, -0.2) is 19.8 Å². The summed E-state index contributed by atoms with van der Waals surface area (Å²) in [7, 11) is -4.21. The molecule has 0 spiro atoms. The molecule has 0 unspecified atom stereocenters. The Bertz CT molecular complexity index is 1140. The van der Waals surface area contributed by atoms with Gasteiger partial charge in [0, 0.05) is 6.07 Å². The first-order valence-electron chi connectivity index (χ1n) is 8.77. The van der Waals surface area contributed by atoms with Crippen LogP contribution in [0.4, 0.5) is 23.4 Å². The molecule has 164 valence electrons. The summed E-state index contributed by atoms with van der Waals surface area (Å²) in [6, 6.07) is 14.3. The minimum Gasteiger partial charge on any atom is -0.406 e. The van der Waals surface area contributed by atoms with Gasteiger partial charge in [-0.1, -0.05) is 24.3 Å². The van der Waals surface area contributed by atoms with E-state index in [4.69, 9.17) is 4.74 Å². The van der Waals surface area contributed by atoms with Gasteiger partial charge >= 0.3 is 6.36 Å². The molecule has 1 heterocycles. The number of halogens is 4. The van der Waals surface area contributed by atoms with Crippen molar-refractivity contribution < 1.29 is 35.5 Å². The Morgan fingerprint density at radius 3 is 2.35 bits per heavy atom. The molecule has 3 aromatic rings. The maximum absolute atomic E-state index is 12.9. The van der Waals surface area contributed by atoms with Crippen LogP contribution in [0.1, 0.15) is 11.3 Å². The molecule has 11 heteroatoms. The molecule has 1 N–H and O–H groups in total. The molecule has 3 rings (SSSR count). The number of benzene rings is 2. The van der Waals surface area contributed by atoms with Crippen molar-refractivity contribution >= 4 is 15.8 Å². The van der Waals surface area contributed by atoms with E-state index in [2.05, 4.69) is 14.4 Å². The van der Waals surface area contributed by atoms with E-state index in [1.54, 1.807) is 24.3 Å². The number of pyridine rings is 1. The van der Waals surface area contributed by atoms with Gasteiger partial charge in [0.25, 0.3) is 10.0 Å². The zero-order chi connectivity index (χ0) is 22.5. The van der Waals surface area contributed by atoms with E-state index in [9.17, 15) is 26.0 Å². The van der Waals surface area contributed by atoms with Crippen molar-refractivity contribution in [2.45, 2.75) is 24.5 Å². The van der Waals surface area contributed by atoms with E-state index in [0.29, 0.717) is 5.69 Å². The SMILES string of the molecule is O=S(=O)(Nc1cccc(COCc2ccc(F)cc2)n1)c1cccc(OC(F)(F)F)c1. The van der Waals surface area contributed by atoms with Crippen LogP contribution < -0.4 is 9.46 Å². The predicted octanol–water partition coefficient (Wildman–Crippen LogP) is 4.64. The zero-order valence-corrected chi connectivity index (χ0v) is 16.6. The Morgan fingerprint density at radius 1 is 0.935 bits per heavy atom. The Labute approximate surface area is 175 Å². The number of hydrogen-bond donors (Lipinski definition) is 1. The molecule has 0 amide bonds. The third-order valence-corrected chi connectivity index (χ3v) is 5.18. The molecule has 0 radical (unpaired) electrons. The minimum atomic E-state index is -4.94. The Morgan fingerprint density at radius 2 is 1.65 bits per heavy atom. The Balaban J connectivity index is 1.65. The quantitative estimate of drug-likeness (QED) is 0.500. The largest absolute Gasteiger partial charge is 0.573 e. The molecule has 6 nitrogen and oxygen atoms in total. The number of rotatable bonds is 8. The lowest BCUT2D eigenvalue weighted by molar-refractivity contribution is -0.274. The number of hydrogen-bond acceptors (Lipinski definition) is 5. The van der Waals surface area contributed by atoms with Gasteiger partial charge in [0.2, 0.25) is 0 Å². The summed E-state index contributed by atoms with van der Waals surface area (Å²) in [5, 5.41) is 0. The van der Waals surface area contributed by atoms with Crippen LogP contribution in [0.25, 0.3) is 0 Å². The van der Waals surface area contributed by atoms with Gasteiger partial charge in [0.05, 0.1) is 23.8 Å². The van der Waals surface area contributed by atoms with Crippen molar-refractivity contribution in [2.75, 3.05) is 4.72 Å². The third kappa shape index (κ3) is 6.93. The zero-order valence-electron chi connectivity index (χ0n) is 15.8. The molecular formula is C20H16F4N2O4S. The number of ether oxygens (including phenoxy) is 2. The van der Waals surface area contributed by atoms with Gasteiger partial charge in [-0.15, -0.1) is 13.2 Å². The fourth-order valence-electron chi connectivity index (χ4n) is 2.51. The highest BCUT2D eigenvalue weighted by Gasteiger charge is 2.31. The molecule has 0 fully saturated rings. The molecule has 0 bridgehead atoms. The van der Waals surface area contributed by atoms with Crippen LogP contribution in [0.2, 0.25) is 0 Å². The number of alkyl halides is 3. The van der Waals surface area contributed by atoms with Crippen LogP contribution in [0.15, 0.2) is 71.6 Å². The number of aromatic nitrogens is 1. The molecule has 1 aromatic heterocycles. The normalized spacial score (nSPS) is 11.9. The van der Waals surface area contributed by atoms with E-state index in [1.165, 1.54) is 18.2 Å². The molecule has 0 saturated heterocycles. The highest BCUT2D eigenvalue weighted by molar-refractivity contribution is 7.92. The van der Waals surface area contributed by atoms with E-state index in [1.807, 2.05) is 0 Å². The molecule has 0 aliphatic carbocycles. The topological polar surface area (TPSA) is 77.5 Å². The Hall–Kier alpha value is -3.18. The first-order valence-corrected chi connectivity index (χ1v) is 10.3. The van der Waals surface area contributed by atoms with Crippen molar-refractivity contribution in [1.29, 1.82) is 0 Å².